The van der Waals surface area contributed by atoms with Crippen molar-refractivity contribution < 1.29 is 4.92 Å². The highest BCUT2D eigenvalue weighted by Crippen LogP contribution is 2.35. The standard InChI is InChI=1S/C20H15ClN6O2/c1-12-14(21)6-2-7-15(12)25-19-18(27(28)29)20(24-11-23-19)26-17-9-3-8-16-13(17)5-4-10-22-16/h2-11H,1H3,(H2,23,24,25,26). The molecule has 2 aromatic heterocycles. The highest BCUT2D eigenvalue weighted by Gasteiger charge is 2.24. The second-order valence-electron chi connectivity index (χ2n) is 6.21. The summed E-state index contributed by atoms with van der Waals surface area (Å²) in [6, 6.07) is 14.5. The fraction of sp³-hybridized carbons (Fsp3) is 0.0500. The van der Waals surface area contributed by atoms with Crippen LogP contribution in [-0.2, 0) is 0 Å². The largest absolute Gasteiger partial charge is 0.353 e. The molecule has 0 spiro atoms. The maximum absolute atomic E-state index is 11.8. The van der Waals surface area contributed by atoms with Crippen molar-refractivity contribution in [1.82, 2.24) is 15.0 Å². The number of benzene rings is 2. The minimum absolute atomic E-state index is 0.0660. The van der Waals surface area contributed by atoms with Gasteiger partial charge in [0.25, 0.3) is 0 Å². The summed E-state index contributed by atoms with van der Waals surface area (Å²) in [4.78, 5) is 23.8. The van der Waals surface area contributed by atoms with Gasteiger partial charge in [0.2, 0.25) is 11.6 Å². The van der Waals surface area contributed by atoms with Gasteiger partial charge in [-0.2, -0.15) is 0 Å². The Morgan fingerprint density at radius 3 is 2.38 bits per heavy atom. The molecule has 8 nitrogen and oxygen atoms in total. The number of halogens is 1. The van der Waals surface area contributed by atoms with Crippen molar-refractivity contribution >= 4 is 51.2 Å². The molecule has 0 aliphatic rings. The van der Waals surface area contributed by atoms with Gasteiger partial charge < -0.3 is 10.6 Å². The molecular weight excluding hydrogens is 392 g/mol. The van der Waals surface area contributed by atoms with E-state index in [9.17, 15) is 10.1 Å². The molecular formula is C20H15ClN6O2. The molecule has 0 saturated carbocycles. The summed E-state index contributed by atoms with van der Waals surface area (Å²) in [7, 11) is 0. The van der Waals surface area contributed by atoms with Crippen molar-refractivity contribution in [2.24, 2.45) is 0 Å². The summed E-state index contributed by atoms with van der Waals surface area (Å²) in [6.07, 6.45) is 2.95. The smallest absolute Gasteiger partial charge is 0.334 e. The molecule has 0 unspecified atom stereocenters. The molecule has 0 amide bonds. The van der Waals surface area contributed by atoms with Crippen LogP contribution in [0.3, 0.4) is 0 Å². The van der Waals surface area contributed by atoms with E-state index in [-0.39, 0.29) is 17.3 Å². The topological polar surface area (TPSA) is 106 Å². The number of rotatable bonds is 5. The Morgan fingerprint density at radius 2 is 1.62 bits per heavy atom. The molecule has 29 heavy (non-hydrogen) atoms. The van der Waals surface area contributed by atoms with E-state index in [1.165, 1.54) is 6.33 Å². The number of hydrogen-bond acceptors (Lipinski definition) is 7. The van der Waals surface area contributed by atoms with Crippen LogP contribution in [0.1, 0.15) is 5.56 Å². The average Bonchev–Trinajstić information content (AvgIpc) is 2.72. The van der Waals surface area contributed by atoms with Crippen LogP contribution in [0.5, 0.6) is 0 Å². The van der Waals surface area contributed by atoms with Gasteiger partial charge in [-0.1, -0.05) is 23.7 Å². The van der Waals surface area contributed by atoms with Gasteiger partial charge in [-0.05, 0) is 48.9 Å². The average molecular weight is 407 g/mol. The van der Waals surface area contributed by atoms with E-state index in [0.29, 0.717) is 16.4 Å². The van der Waals surface area contributed by atoms with Gasteiger partial charge in [-0.3, -0.25) is 15.1 Å². The zero-order chi connectivity index (χ0) is 20.4. The maximum atomic E-state index is 11.8. The first-order valence-corrected chi connectivity index (χ1v) is 9.04. The number of nitrogens with zero attached hydrogens (tertiary/aromatic N) is 4. The lowest BCUT2D eigenvalue weighted by molar-refractivity contribution is -0.383. The Bertz CT molecular complexity index is 1230. The normalized spacial score (nSPS) is 10.7. The molecule has 4 rings (SSSR count). The van der Waals surface area contributed by atoms with Gasteiger partial charge in [0.1, 0.15) is 6.33 Å². The lowest BCUT2D eigenvalue weighted by atomic mass is 10.2. The molecule has 0 saturated heterocycles. The Morgan fingerprint density at radius 1 is 0.931 bits per heavy atom. The van der Waals surface area contributed by atoms with E-state index >= 15 is 0 Å². The van der Waals surface area contributed by atoms with Crippen LogP contribution in [0, 0.1) is 17.0 Å². The third kappa shape index (κ3) is 3.65. The third-order valence-electron chi connectivity index (χ3n) is 4.42. The number of nitro groups is 1. The Hall–Kier alpha value is -3.78. The lowest BCUT2D eigenvalue weighted by Gasteiger charge is -2.13. The fourth-order valence-corrected chi connectivity index (χ4v) is 3.12. The van der Waals surface area contributed by atoms with E-state index in [2.05, 4.69) is 25.6 Å². The van der Waals surface area contributed by atoms with Gasteiger partial charge >= 0.3 is 5.69 Å². The molecule has 0 aliphatic carbocycles. The van der Waals surface area contributed by atoms with Gasteiger partial charge in [0.05, 0.1) is 10.4 Å². The quantitative estimate of drug-likeness (QED) is 0.338. The van der Waals surface area contributed by atoms with Crippen molar-refractivity contribution in [2.45, 2.75) is 6.92 Å². The minimum Gasteiger partial charge on any atom is -0.334 e. The summed E-state index contributed by atoms with van der Waals surface area (Å²) in [5, 5.41) is 19.3. The molecule has 144 valence electrons. The first kappa shape index (κ1) is 18.6. The molecule has 0 aliphatic heterocycles. The second kappa shape index (κ2) is 7.69. The van der Waals surface area contributed by atoms with E-state index in [4.69, 9.17) is 11.6 Å². The highest BCUT2D eigenvalue weighted by atomic mass is 35.5. The van der Waals surface area contributed by atoms with Gasteiger partial charge in [-0.15, -0.1) is 0 Å². The van der Waals surface area contributed by atoms with Crippen molar-refractivity contribution in [3.8, 4) is 0 Å². The van der Waals surface area contributed by atoms with Crippen LogP contribution in [0.15, 0.2) is 61.1 Å². The van der Waals surface area contributed by atoms with Gasteiger partial charge in [0, 0.05) is 28.0 Å². The highest BCUT2D eigenvalue weighted by molar-refractivity contribution is 6.31. The number of nitrogens with one attached hydrogen (secondary N) is 2. The predicted molar refractivity (Wildman–Crippen MR) is 113 cm³/mol. The monoisotopic (exact) mass is 406 g/mol. The number of hydrogen-bond donors (Lipinski definition) is 2. The number of anilines is 4. The first-order chi connectivity index (χ1) is 14.0. The maximum Gasteiger partial charge on any atom is 0.353 e. The van der Waals surface area contributed by atoms with E-state index in [1.807, 2.05) is 31.2 Å². The molecule has 2 heterocycles. The summed E-state index contributed by atoms with van der Waals surface area (Å²) >= 11 is 6.15. The number of pyridine rings is 1. The number of fused-ring (bicyclic) bond motifs is 1. The van der Waals surface area contributed by atoms with Crippen molar-refractivity contribution in [1.29, 1.82) is 0 Å². The minimum atomic E-state index is -0.520. The molecule has 0 bridgehead atoms. The number of aromatic nitrogens is 3. The summed E-state index contributed by atoms with van der Waals surface area (Å²) < 4.78 is 0. The van der Waals surface area contributed by atoms with Crippen molar-refractivity contribution in [3.05, 3.63) is 81.8 Å². The van der Waals surface area contributed by atoms with Gasteiger partial charge in [0.15, 0.2) is 0 Å². The van der Waals surface area contributed by atoms with Crippen LogP contribution in [0.4, 0.5) is 28.7 Å². The molecule has 2 N–H and O–H groups in total. The van der Waals surface area contributed by atoms with E-state index < -0.39 is 4.92 Å². The molecule has 9 heteroatoms. The molecule has 0 fully saturated rings. The van der Waals surface area contributed by atoms with E-state index in [1.54, 1.807) is 30.5 Å². The zero-order valence-corrected chi connectivity index (χ0v) is 16.0. The Kier molecular flexibility index (Phi) is 4.92. The Labute approximate surface area is 170 Å². The van der Waals surface area contributed by atoms with Crippen LogP contribution < -0.4 is 10.6 Å². The van der Waals surface area contributed by atoms with Crippen LogP contribution in [0.25, 0.3) is 10.9 Å². The Balaban J connectivity index is 1.77. The SMILES string of the molecule is Cc1c(Cl)cccc1Nc1ncnc(Nc2cccc3ncccc23)c1[N+](=O)[O-]. The molecule has 0 radical (unpaired) electrons. The van der Waals surface area contributed by atoms with Gasteiger partial charge in [-0.25, -0.2) is 9.97 Å². The molecule has 4 aromatic rings. The molecule has 0 atom stereocenters. The molecule has 2 aromatic carbocycles. The first-order valence-electron chi connectivity index (χ1n) is 8.67. The lowest BCUT2D eigenvalue weighted by Crippen LogP contribution is -2.06. The predicted octanol–water partition coefficient (Wildman–Crippen LogP) is 5.38. The van der Waals surface area contributed by atoms with Crippen LogP contribution >= 0.6 is 11.6 Å². The van der Waals surface area contributed by atoms with Crippen molar-refractivity contribution in [2.75, 3.05) is 10.6 Å². The summed E-state index contributed by atoms with van der Waals surface area (Å²) in [6.45, 7) is 1.82. The third-order valence-corrected chi connectivity index (χ3v) is 4.83. The summed E-state index contributed by atoms with van der Waals surface area (Å²) in [5.41, 5.74) is 2.54. The second-order valence-corrected chi connectivity index (χ2v) is 6.62. The fourth-order valence-electron chi connectivity index (χ4n) is 2.95. The van der Waals surface area contributed by atoms with Crippen molar-refractivity contribution in [3.63, 3.8) is 0 Å². The van der Waals surface area contributed by atoms with Crippen LogP contribution in [-0.4, -0.2) is 19.9 Å². The zero-order valence-electron chi connectivity index (χ0n) is 15.3. The van der Waals surface area contributed by atoms with Crippen LogP contribution in [0.2, 0.25) is 5.02 Å². The summed E-state index contributed by atoms with van der Waals surface area (Å²) in [5.74, 6) is 0.139. The van der Waals surface area contributed by atoms with E-state index in [0.717, 1.165) is 16.5 Å².